The summed E-state index contributed by atoms with van der Waals surface area (Å²) in [6, 6.07) is 7.58. The van der Waals surface area contributed by atoms with Crippen molar-refractivity contribution in [3.63, 3.8) is 0 Å². The number of nitrogens with one attached hydrogen (secondary N) is 1. The van der Waals surface area contributed by atoms with Gasteiger partial charge < -0.3 is 20.2 Å². The van der Waals surface area contributed by atoms with Gasteiger partial charge >= 0.3 is 6.03 Å². The van der Waals surface area contributed by atoms with E-state index in [2.05, 4.69) is 17.1 Å². The number of nitrogens with zero attached hydrogens (tertiary/aromatic N) is 2. The Morgan fingerprint density at radius 2 is 2.05 bits per heavy atom. The van der Waals surface area contributed by atoms with Crippen LogP contribution in [-0.4, -0.2) is 49.3 Å². The van der Waals surface area contributed by atoms with E-state index >= 15 is 0 Å². The first-order valence-corrected chi connectivity index (χ1v) is 7.10. The van der Waals surface area contributed by atoms with Crippen LogP contribution < -0.4 is 10.2 Å². The largest absolute Gasteiger partial charge is 0.395 e. The van der Waals surface area contributed by atoms with Gasteiger partial charge in [-0.3, -0.25) is 0 Å². The number of aliphatic hydroxyl groups is 1. The highest BCUT2D eigenvalue weighted by Gasteiger charge is 2.12. The smallest absolute Gasteiger partial charge is 0.321 e. The molecular formula is C15H25N3O2. The maximum absolute atomic E-state index is 12.1. The van der Waals surface area contributed by atoms with Crippen molar-refractivity contribution in [2.75, 3.05) is 43.5 Å². The van der Waals surface area contributed by atoms with E-state index in [9.17, 15) is 4.79 Å². The van der Waals surface area contributed by atoms with E-state index in [1.165, 1.54) is 0 Å². The lowest BCUT2D eigenvalue weighted by Crippen LogP contribution is -2.37. The first-order valence-electron chi connectivity index (χ1n) is 7.10. The number of hydrogen-bond acceptors (Lipinski definition) is 3. The minimum Gasteiger partial charge on any atom is -0.395 e. The molecule has 1 aromatic rings. The third-order valence-electron chi connectivity index (χ3n) is 3.16. The zero-order valence-electron chi connectivity index (χ0n) is 12.6. The van der Waals surface area contributed by atoms with Crippen LogP contribution in [0.1, 0.15) is 20.3 Å². The second-order valence-electron chi connectivity index (χ2n) is 4.71. The van der Waals surface area contributed by atoms with Crippen LogP contribution in [0.3, 0.4) is 0 Å². The summed E-state index contributed by atoms with van der Waals surface area (Å²) in [7, 11) is 2.01. The molecule has 5 nitrogen and oxygen atoms in total. The quantitative estimate of drug-likeness (QED) is 0.805. The molecule has 0 aliphatic carbocycles. The number of aliphatic hydroxyl groups excluding tert-OH is 1. The Kier molecular flexibility index (Phi) is 6.87. The summed E-state index contributed by atoms with van der Waals surface area (Å²) < 4.78 is 0. The Morgan fingerprint density at radius 3 is 2.65 bits per heavy atom. The van der Waals surface area contributed by atoms with Crippen molar-refractivity contribution in [1.82, 2.24) is 4.90 Å². The van der Waals surface area contributed by atoms with Crippen LogP contribution in [0.15, 0.2) is 24.3 Å². The molecule has 0 atom stereocenters. The summed E-state index contributed by atoms with van der Waals surface area (Å²) in [6.45, 7) is 5.97. The zero-order valence-corrected chi connectivity index (χ0v) is 12.6. The fraction of sp³-hybridized carbons (Fsp3) is 0.533. The molecule has 5 heteroatoms. The molecule has 0 fully saturated rings. The Morgan fingerprint density at radius 1 is 1.30 bits per heavy atom. The van der Waals surface area contributed by atoms with E-state index in [1.54, 1.807) is 4.90 Å². The molecule has 0 radical (unpaired) electrons. The number of urea groups is 1. The molecule has 0 spiro atoms. The van der Waals surface area contributed by atoms with E-state index in [0.29, 0.717) is 13.1 Å². The predicted octanol–water partition coefficient (Wildman–Crippen LogP) is 2.38. The predicted molar refractivity (Wildman–Crippen MR) is 83.4 cm³/mol. The fourth-order valence-electron chi connectivity index (χ4n) is 1.91. The van der Waals surface area contributed by atoms with Crippen LogP contribution in [0.5, 0.6) is 0 Å². The third kappa shape index (κ3) is 4.74. The number of anilines is 2. The number of amides is 2. The Hall–Kier alpha value is -1.75. The number of carbonyl (C=O) groups is 1. The van der Waals surface area contributed by atoms with E-state index in [-0.39, 0.29) is 12.6 Å². The molecule has 0 aliphatic rings. The minimum atomic E-state index is -0.169. The summed E-state index contributed by atoms with van der Waals surface area (Å²) in [5.41, 5.74) is 1.83. The monoisotopic (exact) mass is 279 g/mol. The lowest BCUT2D eigenvalue weighted by molar-refractivity contribution is 0.188. The van der Waals surface area contributed by atoms with Crippen molar-refractivity contribution in [2.24, 2.45) is 0 Å². The Labute approximate surface area is 121 Å². The molecule has 0 aliphatic heterocycles. The number of hydrogen-bond donors (Lipinski definition) is 2. The molecular weight excluding hydrogens is 254 g/mol. The van der Waals surface area contributed by atoms with Crippen molar-refractivity contribution in [2.45, 2.75) is 20.3 Å². The van der Waals surface area contributed by atoms with Crippen LogP contribution in [0.4, 0.5) is 16.2 Å². The van der Waals surface area contributed by atoms with Crippen molar-refractivity contribution < 1.29 is 9.90 Å². The molecule has 0 saturated carbocycles. The van der Waals surface area contributed by atoms with Gasteiger partial charge in [0.05, 0.1) is 6.61 Å². The van der Waals surface area contributed by atoms with Gasteiger partial charge in [-0.1, -0.05) is 13.0 Å². The van der Waals surface area contributed by atoms with Gasteiger partial charge in [0.15, 0.2) is 0 Å². The summed E-state index contributed by atoms with van der Waals surface area (Å²) in [5, 5.41) is 11.9. The molecule has 0 unspecified atom stereocenters. The topological polar surface area (TPSA) is 55.8 Å². The molecule has 0 aromatic heterocycles. The standard InChI is InChI=1S/C15H25N3O2/c1-4-9-18(10-11-19)15(20)16-13-7-6-8-14(12-13)17(3)5-2/h6-8,12,19H,4-5,9-11H2,1-3H3,(H,16,20). The van der Waals surface area contributed by atoms with Crippen LogP contribution in [0, 0.1) is 0 Å². The maximum atomic E-state index is 12.1. The normalized spacial score (nSPS) is 10.2. The SMILES string of the molecule is CCCN(CCO)C(=O)Nc1cccc(N(C)CC)c1. The van der Waals surface area contributed by atoms with Gasteiger partial charge in [0.2, 0.25) is 0 Å². The van der Waals surface area contributed by atoms with E-state index in [0.717, 1.165) is 24.3 Å². The molecule has 112 valence electrons. The molecule has 0 bridgehead atoms. The molecule has 0 heterocycles. The highest BCUT2D eigenvalue weighted by molar-refractivity contribution is 5.89. The van der Waals surface area contributed by atoms with Crippen LogP contribution >= 0.6 is 0 Å². The first kappa shape index (κ1) is 16.3. The van der Waals surface area contributed by atoms with Gasteiger partial charge in [0.1, 0.15) is 0 Å². The second kappa shape index (κ2) is 8.43. The zero-order chi connectivity index (χ0) is 15.0. The van der Waals surface area contributed by atoms with E-state index in [1.807, 2.05) is 38.2 Å². The van der Waals surface area contributed by atoms with E-state index in [4.69, 9.17) is 5.11 Å². The van der Waals surface area contributed by atoms with E-state index < -0.39 is 0 Å². The number of carbonyl (C=O) groups excluding carboxylic acids is 1. The highest BCUT2D eigenvalue weighted by Crippen LogP contribution is 2.18. The summed E-state index contributed by atoms with van der Waals surface area (Å²) in [4.78, 5) is 15.9. The highest BCUT2D eigenvalue weighted by atomic mass is 16.3. The van der Waals surface area contributed by atoms with Crippen LogP contribution in [0.2, 0.25) is 0 Å². The summed E-state index contributed by atoms with van der Waals surface area (Å²) in [6.07, 6.45) is 0.867. The van der Waals surface area contributed by atoms with Crippen molar-refractivity contribution in [3.05, 3.63) is 24.3 Å². The van der Waals surface area contributed by atoms with Gasteiger partial charge in [0.25, 0.3) is 0 Å². The Bertz CT molecular complexity index is 417. The molecule has 2 N–H and O–H groups in total. The van der Waals surface area contributed by atoms with Crippen molar-refractivity contribution in [3.8, 4) is 0 Å². The average Bonchev–Trinajstić information content (AvgIpc) is 2.46. The molecule has 20 heavy (non-hydrogen) atoms. The molecule has 2 amide bonds. The van der Waals surface area contributed by atoms with Crippen LogP contribution in [-0.2, 0) is 0 Å². The lowest BCUT2D eigenvalue weighted by Gasteiger charge is -2.22. The summed E-state index contributed by atoms with van der Waals surface area (Å²) in [5.74, 6) is 0. The van der Waals surface area contributed by atoms with Gasteiger partial charge in [-0.15, -0.1) is 0 Å². The fourth-order valence-corrected chi connectivity index (χ4v) is 1.91. The number of benzene rings is 1. The molecule has 0 saturated heterocycles. The average molecular weight is 279 g/mol. The van der Waals surface area contributed by atoms with Crippen molar-refractivity contribution >= 4 is 17.4 Å². The van der Waals surface area contributed by atoms with Crippen LogP contribution in [0.25, 0.3) is 0 Å². The van der Waals surface area contributed by atoms with Gasteiger partial charge in [-0.25, -0.2) is 4.79 Å². The lowest BCUT2D eigenvalue weighted by atomic mass is 10.2. The molecule has 1 rings (SSSR count). The second-order valence-corrected chi connectivity index (χ2v) is 4.71. The van der Waals surface area contributed by atoms with Gasteiger partial charge in [0, 0.05) is 38.1 Å². The summed E-state index contributed by atoms with van der Waals surface area (Å²) >= 11 is 0. The first-order chi connectivity index (χ1) is 9.62. The maximum Gasteiger partial charge on any atom is 0.321 e. The Balaban J connectivity index is 2.73. The van der Waals surface area contributed by atoms with Gasteiger partial charge in [-0.2, -0.15) is 0 Å². The van der Waals surface area contributed by atoms with Gasteiger partial charge in [-0.05, 0) is 31.5 Å². The minimum absolute atomic E-state index is 0.0218. The molecule has 1 aromatic carbocycles. The van der Waals surface area contributed by atoms with Crippen molar-refractivity contribution in [1.29, 1.82) is 0 Å². The number of rotatable bonds is 7. The third-order valence-corrected chi connectivity index (χ3v) is 3.16.